The van der Waals surface area contributed by atoms with Crippen LogP contribution in [0.1, 0.15) is 32.6 Å². The first-order valence-corrected chi connectivity index (χ1v) is 7.59. The summed E-state index contributed by atoms with van der Waals surface area (Å²) >= 11 is 0. The molecule has 0 amide bonds. The molecule has 0 atom stereocenters. The van der Waals surface area contributed by atoms with Crippen molar-refractivity contribution in [3.05, 3.63) is 23.9 Å². The third kappa shape index (κ3) is 3.23. The summed E-state index contributed by atoms with van der Waals surface area (Å²) in [4.78, 5) is 4.51. The molecule has 1 aliphatic carbocycles. The highest BCUT2D eigenvalue weighted by Crippen LogP contribution is 2.28. The minimum absolute atomic E-state index is 0.525. The second-order valence-corrected chi connectivity index (χ2v) is 5.71. The Bertz CT molecular complexity index is 397. The summed E-state index contributed by atoms with van der Waals surface area (Å²) in [7, 11) is 1.73. The molecule has 1 saturated heterocycles. The van der Waals surface area contributed by atoms with Gasteiger partial charge in [-0.1, -0.05) is 25.5 Å². The van der Waals surface area contributed by atoms with Gasteiger partial charge in [-0.15, -0.1) is 0 Å². The van der Waals surface area contributed by atoms with Crippen LogP contribution in [0.3, 0.4) is 0 Å². The third-order valence-corrected chi connectivity index (χ3v) is 4.43. The molecule has 2 rings (SSSR count). The number of hydrogen-bond acceptors (Lipinski definition) is 3. The first-order chi connectivity index (χ1) is 9.67. The zero-order valence-corrected chi connectivity index (χ0v) is 12.8. The molecule has 1 heterocycles. The van der Waals surface area contributed by atoms with Crippen LogP contribution in [0.5, 0.6) is 0 Å². The Morgan fingerprint density at radius 3 is 2.65 bits per heavy atom. The van der Waals surface area contributed by atoms with Gasteiger partial charge in [0.2, 0.25) is 0 Å². The van der Waals surface area contributed by atoms with Crippen LogP contribution in [-0.2, 0) is 4.74 Å². The van der Waals surface area contributed by atoms with Crippen molar-refractivity contribution in [2.75, 3.05) is 33.4 Å². The maximum absolute atomic E-state index is 8.52. The highest BCUT2D eigenvalue weighted by molar-refractivity contribution is 5.97. The fraction of sp³-hybridized carbons (Fsp3) is 0.688. The summed E-state index contributed by atoms with van der Waals surface area (Å²) in [6.45, 7) is 9.37. The fourth-order valence-electron chi connectivity index (χ4n) is 3.15. The van der Waals surface area contributed by atoms with E-state index in [0.29, 0.717) is 18.5 Å². The lowest BCUT2D eigenvalue weighted by molar-refractivity contribution is 0.166. The second-order valence-electron chi connectivity index (χ2n) is 5.71. The molecule has 0 radical (unpaired) electrons. The van der Waals surface area contributed by atoms with Gasteiger partial charge in [0.05, 0.1) is 13.2 Å². The normalized spacial score (nSPS) is 23.8. The van der Waals surface area contributed by atoms with Crippen molar-refractivity contribution in [3.63, 3.8) is 0 Å². The molecule has 20 heavy (non-hydrogen) atoms. The van der Waals surface area contributed by atoms with Gasteiger partial charge < -0.3 is 14.5 Å². The van der Waals surface area contributed by atoms with Crippen molar-refractivity contribution in [2.45, 2.75) is 38.6 Å². The second kappa shape index (κ2) is 6.93. The Morgan fingerprint density at radius 1 is 1.35 bits per heavy atom. The Morgan fingerprint density at radius 2 is 2.05 bits per heavy atom. The number of allylic oxidation sites excluding steroid dienone is 1. The highest BCUT2D eigenvalue weighted by Gasteiger charge is 2.30. The van der Waals surface area contributed by atoms with Crippen LogP contribution in [0.25, 0.3) is 0 Å². The minimum Gasteiger partial charge on any atom is -0.383 e. The summed E-state index contributed by atoms with van der Waals surface area (Å²) in [5.41, 5.74) is 2.21. The van der Waals surface area contributed by atoms with E-state index in [1.54, 1.807) is 7.11 Å². The number of ether oxygens (including phenoxy) is 1. The van der Waals surface area contributed by atoms with E-state index in [0.717, 1.165) is 30.9 Å². The largest absolute Gasteiger partial charge is 0.383 e. The van der Waals surface area contributed by atoms with Crippen LogP contribution < -0.4 is 0 Å². The lowest BCUT2D eigenvalue weighted by Crippen LogP contribution is -2.39. The van der Waals surface area contributed by atoms with Crippen molar-refractivity contribution in [1.82, 2.24) is 9.80 Å². The van der Waals surface area contributed by atoms with Gasteiger partial charge in [0, 0.05) is 37.5 Å². The molecular weight excluding hydrogens is 250 g/mol. The number of rotatable bonds is 4. The lowest BCUT2D eigenvalue weighted by atomic mass is 10.1. The van der Waals surface area contributed by atoms with Crippen LogP contribution in [0, 0.1) is 5.41 Å². The number of nitrogens with zero attached hydrogens (tertiary/aromatic N) is 2. The van der Waals surface area contributed by atoms with Crippen LogP contribution in [-0.4, -0.2) is 55.0 Å². The molecule has 2 fully saturated rings. The van der Waals surface area contributed by atoms with E-state index in [1.165, 1.54) is 25.7 Å². The summed E-state index contributed by atoms with van der Waals surface area (Å²) in [6, 6.07) is 0.525. The van der Waals surface area contributed by atoms with Gasteiger partial charge >= 0.3 is 0 Å². The Kier molecular flexibility index (Phi) is 5.24. The third-order valence-electron chi connectivity index (χ3n) is 4.43. The summed E-state index contributed by atoms with van der Waals surface area (Å²) in [5.74, 6) is 0.695. The smallest absolute Gasteiger partial charge is 0.125 e. The first-order valence-electron chi connectivity index (χ1n) is 7.59. The molecular formula is C16H27N3O. The number of amidine groups is 1. The predicted octanol–water partition coefficient (Wildman–Crippen LogP) is 2.63. The maximum atomic E-state index is 8.52. The molecule has 4 nitrogen and oxygen atoms in total. The zero-order valence-electron chi connectivity index (χ0n) is 12.8. The molecule has 1 N–H and O–H groups in total. The Hall–Kier alpha value is -1.29. The quantitative estimate of drug-likeness (QED) is 0.858. The fourth-order valence-corrected chi connectivity index (χ4v) is 3.15. The van der Waals surface area contributed by atoms with Crippen molar-refractivity contribution in [2.24, 2.45) is 0 Å². The van der Waals surface area contributed by atoms with E-state index in [1.807, 2.05) is 6.92 Å². The SMILES string of the molecule is C=C1CN(C2CCCC2)C(=N)/C(=C\C)CN1CCOC. The van der Waals surface area contributed by atoms with Gasteiger partial charge in [-0.3, -0.25) is 5.41 Å². The van der Waals surface area contributed by atoms with Crippen molar-refractivity contribution in [3.8, 4) is 0 Å². The van der Waals surface area contributed by atoms with E-state index in [9.17, 15) is 0 Å². The van der Waals surface area contributed by atoms with Crippen LogP contribution in [0.15, 0.2) is 23.9 Å². The van der Waals surface area contributed by atoms with Crippen molar-refractivity contribution < 1.29 is 4.74 Å². The monoisotopic (exact) mass is 277 g/mol. The van der Waals surface area contributed by atoms with Crippen LogP contribution in [0.4, 0.5) is 0 Å². The van der Waals surface area contributed by atoms with Crippen LogP contribution in [0.2, 0.25) is 0 Å². The average Bonchev–Trinajstić information content (AvgIpc) is 2.94. The topological polar surface area (TPSA) is 39.6 Å². The summed E-state index contributed by atoms with van der Waals surface area (Å²) in [6.07, 6.45) is 7.08. The molecule has 0 aromatic rings. The van der Waals surface area contributed by atoms with E-state index in [-0.39, 0.29) is 0 Å². The predicted molar refractivity (Wildman–Crippen MR) is 83.0 cm³/mol. The van der Waals surface area contributed by atoms with Gasteiger partial charge in [-0.2, -0.15) is 0 Å². The molecule has 0 unspecified atom stereocenters. The average molecular weight is 277 g/mol. The van der Waals surface area contributed by atoms with E-state index < -0.39 is 0 Å². The van der Waals surface area contributed by atoms with Crippen LogP contribution >= 0.6 is 0 Å². The molecule has 0 bridgehead atoms. The Balaban J connectivity index is 2.15. The Labute approximate surface area is 122 Å². The molecule has 0 aromatic heterocycles. The number of methoxy groups -OCH3 is 1. The van der Waals surface area contributed by atoms with Gasteiger partial charge in [-0.25, -0.2) is 0 Å². The molecule has 112 valence electrons. The summed E-state index contributed by atoms with van der Waals surface area (Å²) in [5, 5.41) is 8.52. The van der Waals surface area contributed by atoms with Gasteiger partial charge in [0.25, 0.3) is 0 Å². The van der Waals surface area contributed by atoms with Gasteiger partial charge in [0.1, 0.15) is 5.84 Å². The van der Waals surface area contributed by atoms with Crippen molar-refractivity contribution in [1.29, 1.82) is 5.41 Å². The molecule has 0 aromatic carbocycles. The highest BCUT2D eigenvalue weighted by atomic mass is 16.5. The van der Waals surface area contributed by atoms with E-state index >= 15 is 0 Å². The zero-order chi connectivity index (χ0) is 14.5. The maximum Gasteiger partial charge on any atom is 0.125 e. The molecule has 1 saturated carbocycles. The summed E-state index contributed by atoms with van der Waals surface area (Å²) < 4.78 is 5.19. The first kappa shape index (κ1) is 15.1. The number of hydrogen-bond donors (Lipinski definition) is 1. The van der Waals surface area contributed by atoms with Crippen molar-refractivity contribution >= 4 is 5.84 Å². The van der Waals surface area contributed by atoms with Gasteiger partial charge in [-0.05, 0) is 19.8 Å². The van der Waals surface area contributed by atoms with Gasteiger partial charge in [0.15, 0.2) is 0 Å². The standard InChI is InChI=1S/C16H27N3O/c1-4-14-12-18(9-10-20-3)13(2)11-19(16(14)17)15-7-5-6-8-15/h4,15,17H,2,5-12H2,1,3H3/b14-4-,17-16?. The number of nitrogens with one attached hydrogen (secondary N) is 1. The molecule has 0 spiro atoms. The minimum atomic E-state index is 0.525. The molecule has 4 heteroatoms. The van der Waals surface area contributed by atoms with E-state index in [4.69, 9.17) is 10.1 Å². The van der Waals surface area contributed by atoms with E-state index in [2.05, 4.69) is 22.5 Å². The lowest BCUT2D eigenvalue weighted by Gasteiger charge is -2.31. The molecule has 1 aliphatic heterocycles. The molecule has 2 aliphatic rings.